The number of carbonyl (C=O) groups is 1. The third-order valence-corrected chi connectivity index (χ3v) is 1.94. The highest BCUT2D eigenvalue weighted by Crippen LogP contribution is 2.11. The number of hydrogen-bond acceptors (Lipinski definition) is 2. The number of carbonyl (C=O) groups excluding carboxylic acids is 1. The summed E-state index contributed by atoms with van der Waals surface area (Å²) < 4.78 is 0. The molecule has 0 unspecified atom stereocenters. The molecule has 0 bridgehead atoms. The van der Waals surface area contributed by atoms with Crippen LogP contribution in [-0.4, -0.2) is 10.9 Å². The molecule has 1 aromatic heterocycles. The summed E-state index contributed by atoms with van der Waals surface area (Å²) in [6.45, 7) is 5.74. The molecule has 0 saturated heterocycles. The molecule has 3 heteroatoms. The predicted molar refractivity (Wildman–Crippen MR) is 52.6 cm³/mol. The highest BCUT2D eigenvalue weighted by atomic mass is 16.1. The van der Waals surface area contributed by atoms with Crippen LogP contribution in [0.4, 0.5) is 5.69 Å². The monoisotopic (exact) mass is 178 g/mol. The molecule has 3 nitrogen and oxygen atoms in total. The van der Waals surface area contributed by atoms with Crippen molar-refractivity contribution in [2.45, 2.75) is 27.2 Å². The number of rotatable bonds is 2. The Morgan fingerprint density at radius 2 is 2.23 bits per heavy atom. The van der Waals surface area contributed by atoms with Crippen LogP contribution in [0.1, 0.15) is 24.6 Å². The van der Waals surface area contributed by atoms with Gasteiger partial charge in [0.1, 0.15) is 0 Å². The average Bonchev–Trinajstić information content (AvgIpc) is 2.11. The summed E-state index contributed by atoms with van der Waals surface area (Å²) in [6, 6.07) is 1.93. The summed E-state index contributed by atoms with van der Waals surface area (Å²) in [4.78, 5) is 15.2. The standard InChI is InChI=1S/C10H14N2O/c1-4-10(13)12-9-5-7(2)8(3)11-6-9/h5-6H,4H2,1-3H3,(H,12,13). The van der Waals surface area contributed by atoms with Crippen molar-refractivity contribution in [3.63, 3.8) is 0 Å². The topological polar surface area (TPSA) is 42.0 Å². The van der Waals surface area contributed by atoms with Gasteiger partial charge in [-0.3, -0.25) is 9.78 Å². The molecule has 0 aliphatic heterocycles. The lowest BCUT2D eigenvalue weighted by Gasteiger charge is -2.05. The van der Waals surface area contributed by atoms with Crippen molar-refractivity contribution in [3.8, 4) is 0 Å². The normalized spacial score (nSPS) is 9.77. The summed E-state index contributed by atoms with van der Waals surface area (Å²) in [5, 5.41) is 2.76. The lowest BCUT2D eigenvalue weighted by Crippen LogP contribution is -2.09. The number of aromatic nitrogens is 1. The van der Waals surface area contributed by atoms with Gasteiger partial charge in [-0.25, -0.2) is 0 Å². The number of nitrogens with zero attached hydrogens (tertiary/aromatic N) is 1. The smallest absolute Gasteiger partial charge is 0.224 e. The van der Waals surface area contributed by atoms with Crippen molar-refractivity contribution in [2.75, 3.05) is 5.32 Å². The van der Waals surface area contributed by atoms with Crippen LogP contribution in [0.3, 0.4) is 0 Å². The van der Waals surface area contributed by atoms with E-state index >= 15 is 0 Å². The van der Waals surface area contributed by atoms with Crippen LogP contribution in [0.5, 0.6) is 0 Å². The van der Waals surface area contributed by atoms with E-state index in [-0.39, 0.29) is 5.91 Å². The van der Waals surface area contributed by atoms with Gasteiger partial charge in [0.25, 0.3) is 0 Å². The first-order valence-corrected chi connectivity index (χ1v) is 4.36. The second-order valence-electron chi connectivity index (χ2n) is 3.03. The molecule has 0 radical (unpaired) electrons. The van der Waals surface area contributed by atoms with Gasteiger partial charge in [-0.15, -0.1) is 0 Å². The van der Waals surface area contributed by atoms with Gasteiger partial charge >= 0.3 is 0 Å². The van der Waals surface area contributed by atoms with Gasteiger partial charge in [0.05, 0.1) is 11.9 Å². The number of aryl methyl sites for hydroxylation is 2. The molecule has 1 rings (SSSR count). The van der Waals surface area contributed by atoms with Crippen LogP contribution in [-0.2, 0) is 4.79 Å². The van der Waals surface area contributed by atoms with Crippen molar-refractivity contribution in [2.24, 2.45) is 0 Å². The molecule has 1 amide bonds. The Balaban J connectivity index is 2.79. The van der Waals surface area contributed by atoms with E-state index in [0.717, 1.165) is 16.9 Å². The third kappa shape index (κ3) is 2.54. The molecular formula is C10H14N2O. The van der Waals surface area contributed by atoms with Crippen LogP contribution >= 0.6 is 0 Å². The lowest BCUT2D eigenvalue weighted by molar-refractivity contribution is -0.115. The number of nitrogens with one attached hydrogen (secondary N) is 1. The van der Waals surface area contributed by atoms with E-state index in [2.05, 4.69) is 10.3 Å². The zero-order valence-corrected chi connectivity index (χ0v) is 8.22. The summed E-state index contributed by atoms with van der Waals surface area (Å²) in [5.74, 6) is 0.0186. The summed E-state index contributed by atoms with van der Waals surface area (Å²) in [7, 11) is 0. The summed E-state index contributed by atoms with van der Waals surface area (Å²) in [6.07, 6.45) is 2.17. The fourth-order valence-electron chi connectivity index (χ4n) is 0.961. The first-order valence-electron chi connectivity index (χ1n) is 4.36. The van der Waals surface area contributed by atoms with Crippen molar-refractivity contribution in [3.05, 3.63) is 23.5 Å². The van der Waals surface area contributed by atoms with Gasteiger partial charge in [0.15, 0.2) is 0 Å². The largest absolute Gasteiger partial charge is 0.325 e. The molecule has 0 aromatic carbocycles. The number of hydrogen-bond donors (Lipinski definition) is 1. The molecule has 0 aliphatic carbocycles. The van der Waals surface area contributed by atoms with Gasteiger partial charge < -0.3 is 5.32 Å². The maximum Gasteiger partial charge on any atom is 0.224 e. The molecule has 0 fully saturated rings. The molecule has 1 aromatic rings. The molecular weight excluding hydrogens is 164 g/mol. The molecule has 0 aliphatic rings. The minimum atomic E-state index is 0.0186. The van der Waals surface area contributed by atoms with Gasteiger partial charge in [-0.2, -0.15) is 0 Å². The summed E-state index contributed by atoms with van der Waals surface area (Å²) in [5.41, 5.74) is 2.86. The van der Waals surface area contributed by atoms with Crippen molar-refractivity contribution in [1.29, 1.82) is 0 Å². The van der Waals surface area contributed by atoms with E-state index in [4.69, 9.17) is 0 Å². The van der Waals surface area contributed by atoms with E-state index in [9.17, 15) is 4.79 Å². The van der Waals surface area contributed by atoms with E-state index in [0.29, 0.717) is 6.42 Å². The Labute approximate surface area is 78.2 Å². The molecule has 70 valence electrons. The van der Waals surface area contributed by atoms with Crippen molar-refractivity contribution in [1.82, 2.24) is 4.98 Å². The number of anilines is 1. The van der Waals surface area contributed by atoms with Crippen LogP contribution in [0.25, 0.3) is 0 Å². The SMILES string of the molecule is CCC(=O)Nc1cnc(C)c(C)c1. The predicted octanol–water partition coefficient (Wildman–Crippen LogP) is 2.05. The molecule has 0 spiro atoms. The van der Waals surface area contributed by atoms with Crippen molar-refractivity contribution < 1.29 is 4.79 Å². The lowest BCUT2D eigenvalue weighted by atomic mass is 10.2. The zero-order valence-electron chi connectivity index (χ0n) is 8.22. The van der Waals surface area contributed by atoms with Crippen molar-refractivity contribution >= 4 is 11.6 Å². The molecule has 1 heterocycles. The Morgan fingerprint density at radius 1 is 1.54 bits per heavy atom. The van der Waals surface area contributed by atoms with Crippen LogP contribution < -0.4 is 5.32 Å². The van der Waals surface area contributed by atoms with Gasteiger partial charge in [-0.05, 0) is 25.5 Å². The van der Waals surface area contributed by atoms with E-state index in [1.54, 1.807) is 6.20 Å². The second-order valence-corrected chi connectivity index (χ2v) is 3.03. The molecule has 13 heavy (non-hydrogen) atoms. The average molecular weight is 178 g/mol. The minimum absolute atomic E-state index is 0.0186. The highest BCUT2D eigenvalue weighted by Gasteiger charge is 2.00. The fourth-order valence-corrected chi connectivity index (χ4v) is 0.961. The molecule has 0 atom stereocenters. The maximum atomic E-state index is 11.0. The van der Waals surface area contributed by atoms with E-state index in [1.807, 2.05) is 26.8 Å². The highest BCUT2D eigenvalue weighted by molar-refractivity contribution is 5.90. The Kier molecular flexibility index (Phi) is 3.01. The number of amides is 1. The second kappa shape index (κ2) is 4.03. The fraction of sp³-hybridized carbons (Fsp3) is 0.400. The van der Waals surface area contributed by atoms with E-state index < -0.39 is 0 Å². The summed E-state index contributed by atoms with van der Waals surface area (Å²) >= 11 is 0. The number of pyridine rings is 1. The van der Waals surface area contributed by atoms with Gasteiger partial charge in [0, 0.05) is 12.1 Å². The Hall–Kier alpha value is -1.38. The van der Waals surface area contributed by atoms with Gasteiger partial charge in [-0.1, -0.05) is 6.92 Å². The first kappa shape index (κ1) is 9.71. The zero-order chi connectivity index (χ0) is 9.84. The van der Waals surface area contributed by atoms with Gasteiger partial charge in [0.2, 0.25) is 5.91 Å². The minimum Gasteiger partial charge on any atom is -0.325 e. The molecule has 1 N–H and O–H groups in total. The quantitative estimate of drug-likeness (QED) is 0.753. The molecule has 0 saturated carbocycles. The Bertz CT molecular complexity index is 321. The maximum absolute atomic E-state index is 11.0. The van der Waals surface area contributed by atoms with E-state index in [1.165, 1.54) is 0 Å². The Morgan fingerprint density at radius 3 is 2.77 bits per heavy atom. The van der Waals surface area contributed by atoms with Crippen LogP contribution in [0.2, 0.25) is 0 Å². The van der Waals surface area contributed by atoms with Crippen LogP contribution in [0.15, 0.2) is 12.3 Å². The first-order chi connectivity index (χ1) is 6.13. The third-order valence-electron chi connectivity index (χ3n) is 1.94. The van der Waals surface area contributed by atoms with Crippen LogP contribution in [0, 0.1) is 13.8 Å².